The molecule has 1 aromatic carbocycles. The van der Waals surface area contributed by atoms with Crippen molar-refractivity contribution in [1.82, 2.24) is 0 Å². The predicted octanol–water partition coefficient (Wildman–Crippen LogP) is 5.65. The lowest BCUT2D eigenvalue weighted by Crippen LogP contribution is -2.01. The average molecular weight is 340 g/mol. The molecule has 0 N–H and O–H groups in total. The third-order valence-electron chi connectivity index (χ3n) is 3.98. The minimum Gasteiger partial charge on any atom is -0.465 e. The fourth-order valence-electron chi connectivity index (χ4n) is 2.67. The molecule has 124 valence electrons. The number of hydrogen-bond donors (Lipinski definition) is 0. The number of allylic oxidation sites excluding steroid dienone is 4. The molecule has 1 aliphatic carbocycles. The van der Waals surface area contributed by atoms with E-state index in [9.17, 15) is 4.79 Å². The van der Waals surface area contributed by atoms with Gasteiger partial charge in [-0.15, -0.1) is 0 Å². The van der Waals surface area contributed by atoms with Crippen molar-refractivity contribution < 1.29 is 14.3 Å². The van der Waals surface area contributed by atoms with Gasteiger partial charge in [-0.3, -0.25) is 4.79 Å². The van der Waals surface area contributed by atoms with E-state index in [1.165, 1.54) is 17.4 Å². The van der Waals surface area contributed by atoms with Crippen molar-refractivity contribution in [1.29, 1.82) is 0 Å². The van der Waals surface area contributed by atoms with Crippen LogP contribution < -0.4 is 0 Å². The Morgan fingerprint density at radius 3 is 2.71 bits per heavy atom. The van der Waals surface area contributed by atoms with E-state index in [2.05, 4.69) is 18.2 Å². The zero-order valence-electron chi connectivity index (χ0n) is 13.6. The minimum atomic E-state index is 0.0859. The number of rotatable bonds is 6. The maximum Gasteiger partial charge on any atom is 0.195 e. The molecule has 0 radical (unpaired) electrons. The number of ketones is 1. The maximum atomic E-state index is 11.5. The van der Waals surface area contributed by atoms with E-state index in [0.717, 1.165) is 29.9 Å². The van der Waals surface area contributed by atoms with Gasteiger partial charge in [0.15, 0.2) is 10.9 Å². The Balaban J connectivity index is 1.79. The third-order valence-corrected chi connectivity index (χ3v) is 5.13. The fourth-order valence-corrected chi connectivity index (χ4v) is 3.76. The lowest BCUT2D eigenvalue weighted by Gasteiger charge is -2.21. The Kier molecular flexibility index (Phi) is 5.59. The molecule has 0 aromatic heterocycles. The van der Waals surface area contributed by atoms with Gasteiger partial charge in [0.2, 0.25) is 0 Å². The van der Waals surface area contributed by atoms with Gasteiger partial charge in [-0.2, -0.15) is 0 Å². The van der Waals surface area contributed by atoms with Crippen LogP contribution in [0.4, 0.5) is 0 Å². The molecule has 0 saturated carbocycles. The lowest BCUT2D eigenvalue weighted by molar-refractivity contribution is 0.101. The monoisotopic (exact) mass is 340 g/mol. The fraction of sp³-hybridized carbons (Fsp3) is 0.250. The largest absolute Gasteiger partial charge is 0.465 e. The minimum absolute atomic E-state index is 0.0859. The van der Waals surface area contributed by atoms with Crippen LogP contribution in [0.5, 0.6) is 0 Å². The number of carbonyl (C=O) groups is 1. The summed E-state index contributed by atoms with van der Waals surface area (Å²) in [7, 11) is 0. The first-order chi connectivity index (χ1) is 11.7. The van der Waals surface area contributed by atoms with Crippen LogP contribution >= 0.6 is 11.8 Å². The molecular weight excluding hydrogens is 320 g/mol. The summed E-state index contributed by atoms with van der Waals surface area (Å²) < 4.78 is 10.7. The van der Waals surface area contributed by atoms with Crippen molar-refractivity contribution in [3.8, 4) is 0 Å². The molecule has 1 aliphatic heterocycles. The van der Waals surface area contributed by atoms with Gasteiger partial charge in [0.05, 0.1) is 0 Å². The molecule has 1 heterocycles. The van der Waals surface area contributed by atoms with Crippen molar-refractivity contribution in [3.63, 3.8) is 0 Å². The standard InChI is InChI=1S/C20H20O3S/c1-15(21)17-7-9-18(10-8-17)19(13-16-5-3-2-4-6-16)24-20-14-22-11-12-23-20/h2-3,5,7-12,14,19H,4,6,13H2,1H3. The molecule has 0 fully saturated rings. The second kappa shape index (κ2) is 8.06. The van der Waals surface area contributed by atoms with Crippen molar-refractivity contribution in [2.45, 2.75) is 31.4 Å². The molecule has 1 aromatic rings. The highest BCUT2D eigenvalue weighted by atomic mass is 32.2. The molecule has 24 heavy (non-hydrogen) atoms. The van der Waals surface area contributed by atoms with Crippen LogP contribution in [0.3, 0.4) is 0 Å². The molecule has 2 aliphatic rings. The number of ether oxygens (including phenoxy) is 2. The third kappa shape index (κ3) is 4.42. The zero-order chi connectivity index (χ0) is 16.8. The number of Topliss-reactive ketones (excluding diaryl/α,β-unsaturated/α-hetero) is 1. The van der Waals surface area contributed by atoms with Gasteiger partial charge in [-0.05, 0) is 31.7 Å². The van der Waals surface area contributed by atoms with Gasteiger partial charge in [0.25, 0.3) is 0 Å². The summed E-state index contributed by atoms with van der Waals surface area (Å²) in [6.45, 7) is 1.59. The summed E-state index contributed by atoms with van der Waals surface area (Å²) in [4.78, 5) is 11.5. The number of carbonyl (C=O) groups excluding carboxylic acids is 1. The summed E-state index contributed by atoms with van der Waals surface area (Å²) >= 11 is 1.64. The highest BCUT2D eigenvalue weighted by molar-refractivity contribution is 8.03. The van der Waals surface area contributed by atoms with Crippen LogP contribution in [0.15, 0.2) is 71.9 Å². The molecular formula is C20H20O3S. The number of thioether (sulfide) groups is 1. The summed E-state index contributed by atoms with van der Waals surface area (Å²) in [5.41, 5.74) is 3.35. The van der Waals surface area contributed by atoms with Crippen LogP contribution in [0.2, 0.25) is 0 Å². The van der Waals surface area contributed by atoms with Gasteiger partial charge in [0, 0.05) is 10.8 Å². The number of hydrogen-bond acceptors (Lipinski definition) is 4. The van der Waals surface area contributed by atoms with Gasteiger partial charge >= 0.3 is 0 Å². The second-order valence-corrected chi connectivity index (χ2v) is 6.95. The molecule has 0 saturated heterocycles. The summed E-state index contributed by atoms with van der Waals surface area (Å²) in [6, 6.07) is 7.86. The Labute approximate surface area is 146 Å². The summed E-state index contributed by atoms with van der Waals surface area (Å²) in [6.07, 6.45) is 14.3. The SMILES string of the molecule is CC(=O)c1ccc(C(CC2=CC=CCC2)SC2=COC=CO2)cc1. The molecule has 3 rings (SSSR count). The highest BCUT2D eigenvalue weighted by Gasteiger charge is 2.19. The molecule has 0 amide bonds. The van der Waals surface area contributed by atoms with Crippen LogP contribution in [0.1, 0.15) is 47.4 Å². The highest BCUT2D eigenvalue weighted by Crippen LogP contribution is 2.41. The van der Waals surface area contributed by atoms with Crippen LogP contribution in [-0.2, 0) is 9.47 Å². The number of benzene rings is 1. The van der Waals surface area contributed by atoms with E-state index in [0.29, 0.717) is 0 Å². The quantitative estimate of drug-likeness (QED) is 0.627. The normalized spacial score (nSPS) is 17.4. The first-order valence-corrected chi connectivity index (χ1v) is 8.90. The lowest BCUT2D eigenvalue weighted by atomic mass is 9.97. The molecule has 1 atom stereocenters. The van der Waals surface area contributed by atoms with Crippen molar-refractivity contribution >= 4 is 17.5 Å². The summed E-state index contributed by atoms with van der Waals surface area (Å²) in [5, 5.41) is 0.954. The molecule has 0 spiro atoms. The second-order valence-electron chi connectivity index (χ2n) is 5.74. The Bertz CT molecular complexity index is 711. The van der Waals surface area contributed by atoms with E-state index in [1.54, 1.807) is 31.2 Å². The van der Waals surface area contributed by atoms with Gasteiger partial charge in [0.1, 0.15) is 18.8 Å². The van der Waals surface area contributed by atoms with E-state index < -0.39 is 0 Å². The first-order valence-electron chi connectivity index (χ1n) is 8.02. The van der Waals surface area contributed by atoms with Gasteiger partial charge in [-0.1, -0.05) is 59.8 Å². The van der Waals surface area contributed by atoms with Gasteiger partial charge < -0.3 is 9.47 Å². The van der Waals surface area contributed by atoms with Gasteiger partial charge in [-0.25, -0.2) is 0 Å². The summed E-state index contributed by atoms with van der Waals surface area (Å²) in [5.74, 6) is 0.0859. The molecule has 0 bridgehead atoms. The smallest absolute Gasteiger partial charge is 0.195 e. The van der Waals surface area contributed by atoms with E-state index in [-0.39, 0.29) is 11.0 Å². The Morgan fingerprint density at radius 2 is 2.08 bits per heavy atom. The van der Waals surface area contributed by atoms with E-state index >= 15 is 0 Å². The predicted molar refractivity (Wildman–Crippen MR) is 97.2 cm³/mol. The molecule has 3 nitrogen and oxygen atoms in total. The zero-order valence-corrected chi connectivity index (χ0v) is 14.4. The van der Waals surface area contributed by atoms with Crippen molar-refractivity contribution in [3.05, 3.63) is 83.1 Å². The average Bonchev–Trinajstić information content (AvgIpc) is 2.63. The molecule has 4 heteroatoms. The van der Waals surface area contributed by atoms with Crippen molar-refractivity contribution in [2.75, 3.05) is 0 Å². The van der Waals surface area contributed by atoms with Crippen LogP contribution in [-0.4, -0.2) is 5.78 Å². The Hall–Kier alpha value is -2.20. The van der Waals surface area contributed by atoms with Crippen LogP contribution in [0.25, 0.3) is 0 Å². The van der Waals surface area contributed by atoms with Crippen molar-refractivity contribution in [2.24, 2.45) is 0 Å². The maximum absolute atomic E-state index is 11.5. The van der Waals surface area contributed by atoms with E-state index in [1.807, 2.05) is 24.3 Å². The first kappa shape index (κ1) is 16.7. The molecule has 1 unspecified atom stereocenters. The topological polar surface area (TPSA) is 35.5 Å². The Morgan fingerprint density at radius 1 is 1.25 bits per heavy atom. The van der Waals surface area contributed by atoms with Crippen LogP contribution in [0, 0.1) is 0 Å². The van der Waals surface area contributed by atoms with E-state index in [4.69, 9.17) is 9.47 Å².